The van der Waals surface area contributed by atoms with Crippen LogP contribution in [0.25, 0.3) is 0 Å². The second-order valence-electron chi connectivity index (χ2n) is 12.6. The Kier molecular flexibility index (Phi) is 33.1. The number of Topliss-reactive ketones (excluding diaryl/α,β-unsaturated/α-hetero) is 1. The zero-order valence-electron chi connectivity index (χ0n) is 30.9. The summed E-state index contributed by atoms with van der Waals surface area (Å²) in [5.74, 6) is -2.91. The summed E-state index contributed by atoms with van der Waals surface area (Å²) in [5, 5.41) is 25.9. The normalized spacial score (nSPS) is 11.5. The Balaban J connectivity index is 3.66. The van der Waals surface area contributed by atoms with E-state index < -0.39 is 18.0 Å². The van der Waals surface area contributed by atoms with Crippen LogP contribution in [-0.2, 0) is 47.7 Å². The first kappa shape index (κ1) is 47.9. The molecule has 0 aromatic heterocycles. The van der Waals surface area contributed by atoms with Crippen LogP contribution in [0.5, 0.6) is 0 Å². The largest absolute Gasteiger partial charge is 0.481 e. The highest BCUT2D eigenvalue weighted by atomic mass is 16.5. The summed E-state index contributed by atoms with van der Waals surface area (Å²) in [7, 11) is 0. The van der Waals surface area contributed by atoms with Gasteiger partial charge in [-0.1, -0.05) is 77.0 Å². The van der Waals surface area contributed by atoms with Crippen molar-refractivity contribution in [2.24, 2.45) is 0 Å². The molecule has 3 amide bonds. The van der Waals surface area contributed by atoms with Gasteiger partial charge in [-0.05, 0) is 26.2 Å². The second kappa shape index (κ2) is 35.3. The molecule has 51 heavy (non-hydrogen) atoms. The molecular formula is C36H65N3O12. The average molecular weight is 732 g/mol. The third-order valence-electron chi connectivity index (χ3n) is 7.76. The van der Waals surface area contributed by atoms with Crippen molar-refractivity contribution in [3.63, 3.8) is 0 Å². The lowest BCUT2D eigenvalue weighted by Crippen LogP contribution is -2.41. The first-order valence-corrected chi connectivity index (χ1v) is 18.7. The molecule has 0 saturated carbocycles. The van der Waals surface area contributed by atoms with Crippen molar-refractivity contribution in [1.82, 2.24) is 16.0 Å². The summed E-state index contributed by atoms with van der Waals surface area (Å²) >= 11 is 0. The maximum atomic E-state index is 12.3. The number of amides is 3. The smallest absolute Gasteiger partial charge is 0.326 e. The Morgan fingerprint density at radius 1 is 0.490 bits per heavy atom. The van der Waals surface area contributed by atoms with Gasteiger partial charge in [-0.25, -0.2) is 4.79 Å². The van der Waals surface area contributed by atoms with Gasteiger partial charge in [0, 0.05) is 32.4 Å². The number of nitrogens with one attached hydrogen (secondary N) is 3. The van der Waals surface area contributed by atoms with Crippen molar-refractivity contribution in [2.75, 3.05) is 65.9 Å². The fourth-order valence-corrected chi connectivity index (χ4v) is 4.97. The van der Waals surface area contributed by atoms with Gasteiger partial charge in [0.05, 0.1) is 39.6 Å². The molecule has 15 nitrogen and oxygen atoms in total. The second-order valence-corrected chi connectivity index (χ2v) is 12.6. The molecule has 0 aliphatic rings. The fraction of sp³-hybridized carbons (Fsp3) is 0.833. The number of hydrogen-bond donors (Lipinski definition) is 5. The van der Waals surface area contributed by atoms with Gasteiger partial charge in [0.1, 0.15) is 19.3 Å². The summed E-state index contributed by atoms with van der Waals surface area (Å²) in [6, 6.07) is -1.13. The van der Waals surface area contributed by atoms with Crippen molar-refractivity contribution in [3.8, 4) is 0 Å². The molecule has 296 valence electrons. The van der Waals surface area contributed by atoms with E-state index in [4.69, 9.17) is 24.1 Å². The number of unbranched alkanes of at least 4 members (excludes halogenated alkanes) is 13. The standard InChI is InChI=1S/C36H65N3O12/c1-30(40)28-50-26-24-49-23-21-38-34(43)29-51-27-25-48-22-20-37-32(41)19-18-31(36(46)47)39-33(42)16-14-12-10-8-6-4-2-3-5-7-9-11-13-15-17-35(44)45/h31H,2-29H2,1H3,(H,37,41)(H,38,43)(H,39,42)(H,44,45)(H,46,47). The maximum Gasteiger partial charge on any atom is 0.326 e. The van der Waals surface area contributed by atoms with Crippen LogP contribution in [0.3, 0.4) is 0 Å². The predicted molar refractivity (Wildman–Crippen MR) is 190 cm³/mol. The van der Waals surface area contributed by atoms with Crippen LogP contribution >= 0.6 is 0 Å². The number of carbonyl (C=O) groups excluding carboxylic acids is 4. The lowest BCUT2D eigenvalue weighted by atomic mass is 10.0. The highest BCUT2D eigenvalue weighted by Crippen LogP contribution is 2.14. The van der Waals surface area contributed by atoms with E-state index in [0.717, 1.165) is 38.5 Å². The summed E-state index contributed by atoms with van der Waals surface area (Å²) in [6.45, 7) is 3.47. The van der Waals surface area contributed by atoms with Gasteiger partial charge >= 0.3 is 11.9 Å². The quantitative estimate of drug-likeness (QED) is 0.0577. The Bertz CT molecular complexity index is 950. The van der Waals surface area contributed by atoms with E-state index in [9.17, 15) is 33.9 Å². The van der Waals surface area contributed by atoms with Gasteiger partial charge in [0.25, 0.3) is 0 Å². The average Bonchev–Trinajstić information content (AvgIpc) is 3.08. The molecule has 1 atom stereocenters. The summed E-state index contributed by atoms with van der Waals surface area (Å²) < 4.78 is 20.9. The van der Waals surface area contributed by atoms with E-state index in [1.165, 1.54) is 51.9 Å². The molecule has 0 aromatic carbocycles. The highest BCUT2D eigenvalue weighted by molar-refractivity contribution is 5.84. The number of carbonyl (C=O) groups is 6. The molecule has 1 unspecified atom stereocenters. The summed E-state index contributed by atoms with van der Waals surface area (Å²) in [6.07, 6.45) is 15.6. The van der Waals surface area contributed by atoms with Crippen molar-refractivity contribution in [2.45, 2.75) is 129 Å². The molecule has 0 bridgehead atoms. The molecule has 0 radical (unpaired) electrons. The molecule has 0 aromatic rings. The third-order valence-corrected chi connectivity index (χ3v) is 7.76. The summed E-state index contributed by atoms with van der Waals surface area (Å²) in [4.78, 5) is 68.9. The van der Waals surface area contributed by atoms with Gasteiger partial charge in [0.2, 0.25) is 17.7 Å². The van der Waals surface area contributed by atoms with E-state index in [-0.39, 0.29) is 88.8 Å². The number of hydrogen-bond acceptors (Lipinski definition) is 10. The van der Waals surface area contributed by atoms with Crippen molar-refractivity contribution in [1.29, 1.82) is 0 Å². The SMILES string of the molecule is CC(=O)COCCOCCNC(=O)COCCOCCNC(=O)CCC(NC(=O)CCCCCCCCCCCCCCCCC(=O)O)C(=O)O. The Labute approximate surface area is 303 Å². The molecule has 5 N–H and O–H groups in total. The number of carboxylic acids is 2. The van der Waals surface area contributed by atoms with Crippen molar-refractivity contribution >= 4 is 35.4 Å². The molecule has 15 heteroatoms. The van der Waals surface area contributed by atoms with Crippen LogP contribution in [0, 0.1) is 0 Å². The van der Waals surface area contributed by atoms with Crippen LogP contribution in [-0.4, -0.2) is 118 Å². The van der Waals surface area contributed by atoms with Crippen LogP contribution in [0.15, 0.2) is 0 Å². The predicted octanol–water partition coefficient (Wildman–Crippen LogP) is 3.55. The van der Waals surface area contributed by atoms with E-state index in [0.29, 0.717) is 32.8 Å². The molecular weight excluding hydrogens is 666 g/mol. The van der Waals surface area contributed by atoms with Crippen LogP contribution in [0.4, 0.5) is 0 Å². The molecule has 0 heterocycles. The minimum atomic E-state index is -1.18. The van der Waals surface area contributed by atoms with Gasteiger partial charge < -0.3 is 45.1 Å². The zero-order valence-corrected chi connectivity index (χ0v) is 30.9. The fourth-order valence-electron chi connectivity index (χ4n) is 4.97. The number of aliphatic carboxylic acids is 2. The third kappa shape index (κ3) is 36.5. The van der Waals surface area contributed by atoms with Crippen LogP contribution < -0.4 is 16.0 Å². The minimum Gasteiger partial charge on any atom is -0.481 e. The Hall–Kier alpha value is -3.14. The van der Waals surface area contributed by atoms with Crippen LogP contribution in [0.1, 0.15) is 122 Å². The monoisotopic (exact) mass is 731 g/mol. The number of carboxylic acid groups (broad SMARTS) is 2. The van der Waals surface area contributed by atoms with E-state index in [1.54, 1.807) is 0 Å². The number of ether oxygens (including phenoxy) is 4. The zero-order chi connectivity index (χ0) is 37.8. The van der Waals surface area contributed by atoms with Crippen molar-refractivity contribution < 1.29 is 57.9 Å². The highest BCUT2D eigenvalue weighted by Gasteiger charge is 2.20. The molecule has 0 rings (SSSR count). The Morgan fingerprint density at radius 2 is 0.922 bits per heavy atom. The van der Waals surface area contributed by atoms with Gasteiger partial charge in [-0.3, -0.25) is 24.0 Å². The lowest BCUT2D eigenvalue weighted by molar-refractivity contribution is -0.142. The van der Waals surface area contributed by atoms with Crippen LogP contribution in [0.2, 0.25) is 0 Å². The topological polar surface area (TPSA) is 216 Å². The lowest BCUT2D eigenvalue weighted by Gasteiger charge is -2.14. The first-order chi connectivity index (χ1) is 24.6. The number of rotatable bonds is 38. The Morgan fingerprint density at radius 3 is 1.39 bits per heavy atom. The maximum absolute atomic E-state index is 12.3. The van der Waals surface area contributed by atoms with Crippen molar-refractivity contribution in [3.05, 3.63) is 0 Å². The van der Waals surface area contributed by atoms with E-state index in [1.807, 2.05) is 0 Å². The van der Waals surface area contributed by atoms with Gasteiger partial charge in [-0.15, -0.1) is 0 Å². The summed E-state index contributed by atoms with van der Waals surface area (Å²) in [5.41, 5.74) is 0. The molecule has 0 fully saturated rings. The number of ketones is 1. The first-order valence-electron chi connectivity index (χ1n) is 18.7. The van der Waals surface area contributed by atoms with Gasteiger partial charge in [0.15, 0.2) is 5.78 Å². The molecule has 0 saturated heterocycles. The van der Waals surface area contributed by atoms with E-state index >= 15 is 0 Å². The molecule has 0 aliphatic heterocycles. The van der Waals surface area contributed by atoms with E-state index in [2.05, 4.69) is 16.0 Å². The molecule has 0 aliphatic carbocycles. The minimum absolute atomic E-state index is 0.0157. The molecule has 0 spiro atoms. The van der Waals surface area contributed by atoms with Gasteiger partial charge in [-0.2, -0.15) is 0 Å².